The largest absolute Gasteiger partial charge is 0.385 e. The molecule has 2 N–H and O–H groups in total. The van der Waals surface area contributed by atoms with E-state index in [1.807, 2.05) is 66.9 Å². The Morgan fingerprint density at radius 2 is 1.80 bits per heavy atom. The molecule has 2 aromatic carbocycles. The van der Waals surface area contributed by atoms with Gasteiger partial charge in [0.15, 0.2) is 5.65 Å². The third kappa shape index (κ3) is 3.57. The molecule has 0 radical (unpaired) electrons. The van der Waals surface area contributed by atoms with Gasteiger partial charge in [0.25, 0.3) is 0 Å². The Kier molecular flexibility index (Phi) is 4.56. The maximum atomic E-state index is 12.4. The van der Waals surface area contributed by atoms with Crippen molar-refractivity contribution in [2.45, 2.75) is 31.3 Å². The standard InChI is InChI=1S/C24H22N4O2/c29-23(27-21-8-6-20(7-9-21)24(30)11-1-12-24)14-17-2-4-18(5-3-17)19-10-13-28-22(15-19)25-16-26-28/h2-10,13,15-16,30H,1,11-12,14H2,(H,27,29). The molecule has 2 heterocycles. The highest BCUT2D eigenvalue weighted by Crippen LogP contribution is 2.41. The molecule has 1 saturated carbocycles. The monoisotopic (exact) mass is 398 g/mol. The van der Waals surface area contributed by atoms with Gasteiger partial charge in [-0.2, -0.15) is 5.10 Å². The quantitative estimate of drug-likeness (QED) is 0.534. The second-order valence-electron chi connectivity index (χ2n) is 7.86. The fourth-order valence-corrected chi connectivity index (χ4v) is 3.86. The Labute approximate surface area is 174 Å². The van der Waals surface area contributed by atoms with Crippen LogP contribution in [0.3, 0.4) is 0 Å². The van der Waals surface area contributed by atoms with E-state index in [9.17, 15) is 9.90 Å². The van der Waals surface area contributed by atoms with Gasteiger partial charge in [0, 0.05) is 11.9 Å². The van der Waals surface area contributed by atoms with E-state index in [1.165, 1.54) is 6.33 Å². The summed E-state index contributed by atoms with van der Waals surface area (Å²) in [4.78, 5) is 16.6. The van der Waals surface area contributed by atoms with E-state index in [4.69, 9.17) is 0 Å². The van der Waals surface area contributed by atoms with Crippen LogP contribution in [0, 0.1) is 0 Å². The molecule has 1 aliphatic rings. The smallest absolute Gasteiger partial charge is 0.228 e. The first kappa shape index (κ1) is 18.5. The number of benzene rings is 2. The average Bonchev–Trinajstić information content (AvgIpc) is 3.21. The van der Waals surface area contributed by atoms with Crippen molar-refractivity contribution in [3.05, 3.63) is 84.3 Å². The zero-order valence-corrected chi connectivity index (χ0v) is 16.5. The molecule has 1 amide bonds. The molecular weight excluding hydrogens is 376 g/mol. The maximum Gasteiger partial charge on any atom is 0.228 e. The first-order valence-corrected chi connectivity index (χ1v) is 10.1. The normalized spacial score (nSPS) is 15.0. The van der Waals surface area contributed by atoms with Crippen molar-refractivity contribution < 1.29 is 9.90 Å². The fourth-order valence-electron chi connectivity index (χ4n) is 3.86. The van der Waals surface area contributed by atoms with Crippen LogP contribution in [0.1, 0.15) is 30.4 Å². The summed E-state index contributed by atoms with van der Waals surface area (Å²) < 4.78 is 1.72. The summed E-state index contributed by atoms with van der Waals surface area (Å²) in [6.45, 7) is 0. The number of carbonyl (C=O) groups excluding carboxylic acids is 1. The molecule has 6 nitrogen and oxygen atoms in total. The third-order valence-corrected chi connectivity index (χ3v) is 5.82. The van der Waals surface area contributed by atoms with Crippen LogP contribution in [0.2, 0.25) is 0 Å². The van der Waals surface area contributed by atoms with Crippen LogP contribution < -0.4 is 5.32 Å². The number of hydrogen-bond donors (Lipinski definition) is 2. The lowest BCUT2D eigenvalue weighted by Crippen LogP contribution is -2.33. The fraction of sp³-hybridized carbons (Fsp3) is 0.208. The number of aliphatic hydroxyl groups is 1. The summed E-state index contributed by atoms with van der Waals surface area (Å²) >= 11 is 0. The lowest BCUT2D eigenvalue weighted by molar-refractivity contribution is -0.115. The number of amides is 1. The minimum Gasteiger partial charge on any atom is -0.385 e. The molecule has 5 rings (SSSR count). The molecule has 0 saturated heterocycles. The minimum absolute atomic E-state index is 0.0669. The SMILES string of the molecule is O=C(Cc1ccc(-c2ccn3ncnc3c2)cc1)Nc1ccc(C2(O)CCC2)cc1. The zero-order chi connectivity index (χ0) is 20.6. The Bertz CT molecular complexity index is 1190. The van der Waals surface area contributed by atoms with Gasteiger partial charge in [-0.25, -0.2) is 9.50 Å². The van der Waals surface area contributed by atoms with Crippen molar-refractivity contribution in [3.8, 4) is 11.1 Å². The number of rotatable bonds is 5. The molecule has 0 unspecified atom stereocenters. The van der Waals surface area contributed by atoms with Gasteiger partial charge in [-0.1, -0.05) is 36.4 Å². The Morgan fingerprint density at radius 1 is 1.03 bits per heavy atom. The molecule has 0 spiro atoms. The van der Waals surface area contributed by atoms with E-state index in [0.717, 1.165) is 52.9 Å². The van der Waals surface area contributed by atoms with E-state index in [2.05, 4.69) is 15.4 Å². The second-order valence-corrected chi connectivity index (χ2v) is 7.86. The second kappa shape index (κ2) is 7.39. The van der Waals surface area contributed by atoms with Crippen LogP contribution in [-0.2, 0) is 16.8 Å². The molecule has 30 heavy (non-hydrogen) atoms. The van der Waals surface area contributed by atoms with E-state index >= 15 is 0 Å². The van der Waals surface area contributed by atoms with E-state index in [0.29, 0.717) is 6.42 Å². The third-order valence-electron chi connectivity index (χ3n) is 5.82. The lowest BCUT2D eigenvalue weighted by atomic mass is 9.75. The molecule has 0 aliphatic heterocycles. The van der Waals surface area contributed by atoms with Gasteiger partial charge < -0.3 is 10.4 Å². The lowest BCUT2D eigenvalue weighted by Gasteiger charge is -2.37. The molecule has 0 atom stereocenters. The number of nitrogens with zero attached hydrogens (tertiary/aromatic N) is 3. The molecule has 0 bridgehead atoms. The predicted molar refractivity (Wildman–Crippen MR) is 115 cm³/mol. The van der Waals surface area contributed by atoms with Crippen molar-refractivity contribution in [1.29, 1.82) is 0 Å². The molecular formula is C24H22N4O2. The van der Waals surface area contributed by atoms with Crippen molar-refractivity contribution in [1.82, 2.24) is 14.6 Å². The van der Waals surface area contributed by atoms with E-state index in [-0.39, 0.29) is 5.91 Å². The summed E-state index contributed by atoms with van der Waals surface area (Å²) in [6.07, 6.45) is 6.39. The minimum atomic E-state index is -0.678. The number of carbonyl (C=O) groups is 1. The molecule has 1 fully saturated rings. The molecule has 1 aliphatic carbocycles. The Hall–Kier alpha value is -3.51. The van der Waals surface area contributed by atoms with Crippen molar-refractivity contribution in [3.63, 3.8) is 0 Å². The van der Waals surface area contributed by atoms with Gasteiger partial charge in [-0.05, 0) is 65.8 Å². The highest BCUT2D eigenvalue weighted by Gasteiger charge is 2.35. The van der Waals surface area contributed by atoms with Crippen LogP contribution in [0.4, 0.5) is 5.69 Å². The first-order chi connectivity index (χ1) is 14.6. The molecule has 4 aromatic rings. The van der Waals surface area contributed by atoms with Crippen molar-refractivity contribution >= 4 is 17.2 Å². The number of fused-ring (bicyclic) bond motifs is 1. The zero-order valence-electron chi connectivity index (χ0n) is 16.5. The van der Waals surface area contributed by atoms with Gasteiger partial charge in [0.2, 0.25) is 5.91 Å². The average molecular weight is 398 g/mol. The van der Waals surface area contributed by atoms with Crippen LogP contribution >= 0.6 is 0 Å². The first-order valence-electron chi connectivity index (χ1n) is 10.1. The maximum absolute atomic E-state index is 12.4. The van der Waals surface area contributed by atoms with Gasteiger partial charge in [-0.3, -0.25) is 4.79 Å². The van der Waals surface area contributed by atoms with Gasteiger partial charge in [-0.15, -0.1) is 0 Å². The number of pyridine rings is 1. The number of hydrogen-bond acceptors (Lipinski definition) is 4. The van der Waals surface area contributed by atoms with Gasteiger partial charge in [0.05, 0.1) is 12.0 Å². The van der Waals surface area contributed by atoms with Crippen molar-refractivity contribution in [2.24, 2.45) is 0 Å². The Balaban J connectivity index is 1.22. The van der Waals surface area contributed by atoms with Crippen LogP contribution in [-0.4, -0.2) is 25.6 Å². The summed E-state index contributed by atoms with van der Waals surface area (Å²) in [5.74, 6) is -0.0669. The predicted octanol–water partition coefficient (Wildman–Crippen LogP) is 3.95. The summed E-state index contributed by atoms with van der Waals surface area (Å²) in [6, 6.07) is 19.5. The van der Waals surface area contributed by atoms with Gasteiger partial charge in [0.1, 0.15) is 6.33 Å². The molecule has 2 aromatic heterocycles. The van der Waals surface area contributed by atoms with Gasteiger partial charge >= 0.3 is 0 Å². The number of nitrogens with one attached hydrogen (secondary N) is 1. The van der Waals surface area contributed by atoms with E-state index in [1.54, 1.807) is 4.52 Å². The van der Waals surface area contributed by atoms with E-state index < -0.39 is 5.60 Å². The highest BCUT2D eigenvalue weighted by atomic mass is 16.3. The van der Waals surface area contributed by atoms with Crippen LogP contribution in [0.15, 0.2) is 73.2 Å². The number of aromatic nitrogens is 3. The topological polar surface area (TPSA) is 79.5 Å². The van der Waals surface area contributed by atoms with Crippen LogP contribution in [0.5, 0.6) is 0 Å². The summed E-state index contributed by atoms with van der Waals surface area (Å²) in [5.41, 5.74) is 4.85. The highest BCUT2D eigenvalue weighted by molar-refractivity contribution is 5.92. The van der Waals surface area contributed by atoms with Crippen molar-refractivity contribution in [2.75, 3.05) is 5.32 Å². The summed E-state index contributed by atoms with van der Waals surface area (Å²) in [5, 5.41) is 17.4. The number of anilines is 1. The Morgan fingerprint density at radius 3 is 2.50 bits per heavy atom. The molecule has 6 heteroatoms. The summed E-state index contributed by atoms with van der Waals surface area (Å²) in [7, 11) is 0. The van der Waals surface area contributed by atoms with Crippen LogP contribution in [0.25, 0.3) is 16.8 Å². The molecule has 150 valence electrons.